The van der Waals surface area contributed by atoms with Crippen molar-refractivity contribution in [3.63, 3.8) is 0 Å². The van der Waals surface area contributed by atoms with E-state index in [1.54, 1.807) is 12.1 Å². The Hall–Kier alpha value is 0.0700. The van der Waals surface area contributed by atoms with Crippen molar-refractivity contribution < 1.29 is 0 Å². The number of hydrazine groups is 1. The van der Waals surface area contributed by atoms with Gasteiger partial charge in [-0.05, 0) is 18.2 Å². The average molecular weight is 223 g/mol. The van der Waals surface area contributed by atoms with Crippen LogP contribution in [0.15, 0.2) is 23.1 Å². The van der Waals surface area contributed by atoms with Crippen molar-refractivity contribution in [3.05, 3.63) is 28.2 Å². The molecule has 0 atom stereocenters. The van der Waals surface area contributed by atoms with Crippen molar-refractivity contribution in [1.29, 1.82) is 0 Å². The van der Waals surface area contributed by atoms with E-state index in [1.165, 1.54) is 11.8 Å². The first-order valence-corrected chi connectivity index (χ1v) is 4.99. The van der Waals surface area contributed by atoms with Crippen molar-refractivity contribution in [2.75, 3.05) is 5.88 Å². The largest absolute Gasteiger partial charge is 0.271 e. The number of nitrogens with two attached hydrogens (primary N) is 1. The highest BCUT2D eigenvalue weighted by molar-refractivity contribution is 7.99. The zero-order valence-electron chi connectivity index (χ0n) is 6.18. The summed E-state index contributed by atoms with van der Waals surface area (Å²) < 4.78 is 0. The fourth-order valence-corrected chi connectivity index (χ4v) is 1.88. The number of benzene rings is 1. The lowest BCUT2D eigenvalue weighted by atomic mass is 10.4. The van der Waals surface area contributed by atoms with Gasteiger partial charge in [-0.3, -0.25) is 11.3 Å². The molecule has 0 bridgehead atoms. The number of thioether (sulfide) groups is 1. The molecular formula is C7H8Cl2N2S. The molecule has 0 heterocycles. The molecule has 1 rings (SSSR count). The van der Waals surface area contributed by atoms with Gasteiger partial charge in [0.15, 0.2) is 0 Å². The monoisotopic (exact) mass is 222 g/mol. The molecule has 0 aliphatic carbocycles. The molecule has 66 valence electrons. The summed E-state index contributed by atoms with van der Waals surface area (Å²) in [7, 11) is 0. The normalized spacial score (nSPS) is 10.2. The van der Waals surface area contributed by atoms with Crippen LogP contribution in [0.1, 0.15) is 0 Å². The fourth-order valence-electron chi connectivity index (χ4n) is 0.712. The summed E-state index contributed by atoms with van der Waals surface area (Å²) in [5, 5.41) is 1.30. The van der Waals surface area contributed by atoms with Crippen LogP contribution in [-0.2, 0) is 0 Å². The minimum Gasteiger partial charge on any atom is -0.271 e. The van der Waals surface area contributed by atoms with E-state index in [-0.39, 0.29) is 0 Å². The smallest absolute Gasteiger partial charge is 0.0602 e. The number of nitrogens with one attached hydrogen (secondary N) is 1. The van der Waals surface area contributed by atoms with Gasteiger partial charge in [-0.2, -0.15) is 0 Å². The molecule has 1 aromatic carbocycles. The van der Waals surface area contributed by atoms with Crippen LogP contribution in [-0.4, -0.2) is 5.88 Å². The molecular weight excluding hydrogens is 215 g/mol. The molecule has 0 saturated carbocycles. The van der Waals surface area contributed by atoms with E-state index in [9.17, 15) is 0 Å². The highest BCUT2D eigenvalue weighted by Gasteiger charge is 2.00. The molecule has 0 aromatic heterocycles. The van der Waals surface area contributed by atoms with Crippen molar-refractivity contribution in [2.45, 2.75) is 4.90 Å². The third kappa shape index (κ3) is 2.84. The predicted octanol–water partition coefficient (Wildman–Crippen LogP) is 2.51. The maximum atomic E-state index is 5.89. The Balaban J connectivity index is 2.72. The maximum Gasteiger partial charge on any atom is 0.0602 e. The van der Waals surface area contributed by atoms with E-state index < -0.39 is 0 Å². The number of hydrogen-bond donors (Lipinski definition) is 2. The van der Waals surface area contributed by atoms with Gasteiger partial charge in [0, 0.05) is 9.92 Å². The van der Waals surface area contributed by atoms with Crippen molar-refractivity contribution in [1.82, 2.24) is 5.43 Å². The molecule has 0 aliphatic rings. The molecule has 0 radical (unpaired) electrons. The third-order valence-electron chi connectivity index (χ3n) is 1.20. The van der Waals surface area contributed by atoms with Gasteiger partial charge in [0.05, 0.1) is 10.9 Å². The molecule has 2 nitrogen and oxygen atoms in total. The van der Waals surface area contributed by atoms with Gasteiger partial charge in [0.1, 0.15) is 0 Å². The minimum atomic E-state index is 0.626. The molecule has 0 aliphatic heterocycles. The first kappa shape index (κ1) is 10.2. The highest BCUT2D eigenvalue weighted by atomic mass is 35.5. The van der Waals surface area contributed by atoms with Crippen LogP contribution in [0.2, 0.25) is 10.0 Å². The van der Waals surface area contributed by atoms with Gasteiger partial charge in [-0.15, -0.1) is 11.8 Å². The second kappa shape index (κ2) is 4.94. The molecule has 0 unspecified atom stereocenters. The zero-order valence-corrected chi connectivity index (χ0v) is 8.51. The zero-order chi connectivity index (χ0) is 8.97. The van der Waals surface area contributed by atoms with E-state index in [0.29, 0.717) is 15.9 Å². The summed E-state index contributed by atoms with van der Waals surface area (Å²) in [5.41, 5.74) is 2.53. The second-order valence-electron chi connectivity index (χ2n) is 2.07. The van der Waals surface area contributed by atoms with Gasteiger partial charge in [-0.1, -0.05) is 23.2 Å². The summed E-state index contributed by atoms with van der Waals surface area (Å²) in [6, 6.07) is 5.38. The van der Waals surface area contributed by atoms with Crippen LogP contribution in [0.4, 0.5) is 0 Å². The molecule has 1 aromatic rings. The summed E-state index contributed by atoms with van der Waals surface area (Å²) >= 11 is 13.1. The van der Waals surface area contributed by atoms with E-state index in [0.717, 1.165) is 4.90 Å². The number of halogens is 2. The summed E-state index contributed by atoms with van der Waals surface area (Å²) in [4.78, 5) is 0.971. The average Bonchev–Trinajstić information content (AvgIpc) is 2.03. The van der Waals surface area contributed by atoms with Crippen molar-refractivity contribution in [3.8, 4) is 0 Å². The third-order valence-corrected chi connectivity index (χ3v) is 2.84. The van der Waals surface area contributed by atoms with Gasteiger partial charge < -0.3 is 0 Å². The topological polar surface area (TPSA) is 38.0 Å². The van der Waals surface area contributed by atoms with Crippen LogP contribution < -0.4 is 11.3 Å². The van der Waals surface area contributed by atoms with E-state index in [1.807, 2.05) is 6.07 Å². The Bertz CT molecular complexity index is 268. The lowest BCUT2D eigenvalue weighted by Gasteiger charge is -2.02. The molecule has 0 amide bonds. The van der Waals surface area contributed by atoms with Crippen LogP contribution in [0.3, 0.4) is 0 Å². The Labute approximate surface area is 85.4 Å². The predicted molar refractivity (Wildman–Crippen MR) is 54.5 cm³/mol. The molecule has 12 heavy (non-hydrogen) atoms. The van der Waals surface area contributed by atoms with Crippen LogP contribution >= 0.6 is 35.0 Å². The van der Waals surface area contributed by atoms with E-state index in [4.69, 9.17) is 29.0 Å². The van der Waals surface area contributed by atoms with Gasteiger partial charge in [-0.25, -0.2) is 0 Å². The first-order valence-electron chi connectivity index (χ1n) is 3.25. The van der Waals surface area contributed by atoms with Crippen molar-refractivity contribution in [2.24, 2.45) is 5.84 Å². The van der Waals surface area contributed by atoms with Crippen LogP contribution in [0.5, 0.6) is 0 Å². The standard InChI is InChI=1S/C7H8Cl2N2S/c8-5-1-2-7(6(9)3-5)12-4-11-10/h1-3,11H,4,10H2. The lowest BCUT2D eigenvalue weighted by molar-refractivity contribution is 0.871. The Kier molecular flexibility index (Phi) is 4.18. The van der Waals surface area contributed by atoms with Gasteiger partial charge in [0.2, 0.25) is 0 Å². The lowest BCUT2D eigenvalue weighted by Crippen LogP contribution is -2.20. The van der Waals surface area contributed by atoms with E-state index >= 15 is 0 Å². The molecule has 0 spiro atoms. The highest BCUT2D eigenvalue weighted by Crippen LogP contribution is 2.28. The Morgan fingerprint density at radius 2 is 2.17 bits per heavy atom. The molecule has 3 N–H and O–H groups in total. The summed E-state index contributed by atoms with van der Waals surface area (Å²) in [6.45, 7) is 0. The minimum absolute atomic E-state index is 0.626. The van der Waals surface area contributed by atoms with Gasteiger partial charge in [0.25, 0.3) is 0 Å². The summed E-state index contributed by atoms with van der Waals surface area (Å²) in [5.74, 6) is 5.74. The SMILES string of the molecule is NNCSc1ccc(Cl)cc1Cl. The van der Waals surface area contributed by atoms with E-state index in [2.05, 4.69) is 5.43 Å². The second-order valence-corrected chi connectivity index (χ2v) is 3.93. The molecule has 0 fully saturated rings. The Morgan fingerprint density at radius 3 is 2.75 bits per heavy atom. The number of hydrogen-bond acceptors (Lipinski definition) is 3. The molecule has 5 heteroatoms. The number of rotatable bonds is 3. The first-order chi connectivity index (χ1) is 5.74. The Morgan fingerprint density at radius 1 is 1.42 bits per heavy atom. The molecule has 0 saturated heterocycles. The van der Waals surface area contributed by atoms with Gasteiger partial charge >= 0.3 is 0 Å². The fraction of sp³-hybridized carbons (Fsp3) is 0.143. The van der Waals surface area contributed by atoms with Crippen molar-refractivity contribution >= 4 is 35.0 Å². The van der Waals surface area contributed by atoms with Crippen LogP contribution in [0, 0.1) is 0 Å². The van der Waals surface area contributed by atoms with Crippen LogP contribution in [0.25, 0.3) is 0 Å². The quantitative estimate of drug-likeness (QED) is 0.358. The summed E-state index contributed by atoms with van der Waals surface area (Å²) in [6.07, 6.45) is 0. The maximum absolute atomic E-state index is 5.89.